The van der Waals surface area contributed by atoms with Gasteiger partial charge >= 0.3 is 0 Å². The highest BCUT2D eigenvalue weighted by Crippen LogP contribution is 2.19. The lowest BCUT2D eigenvalue weighted by Crippen LogP contribution is -2.29. The van der Waals surface area contributed by atoms with Gasteiger partial charge in [-0.3, -0.25) is 0 Å². The fourth-order valence-corrected chi connectivity index (χ4v) is 4.67. The van der Waals surface area contributed by atoms with E-state index in [0.29, 0.717) is 13.0 Å². The Bertz CT molecular complexity index is 813. The predicted octanol–water partition coefficient (Wildman–Crippen LogP) is 1.90. The summed E-state index contributed by atoms with van der Waals surface area (Å²) < 4.78 is 37.9. The molecule has 0 amide bonds. The Morgan fingerprint density at radius 3 is 2.61 bits per heavy atom. The Balaban J connectivity index is 1.77. The van der Waals surface area contributed by atoms with E-state index in [9.17, 15) is 12.8 Å². The molecule has 7 heteroatoms. The number of nitrogens with one attached hydrogen (secondary N) is 1. The molecule has 1 aromatic heterocycles. The quantitative estimate of drug-likeness (QED) is 0.926. The van der Waals surface area contributed by atoms with Gasteiger partial charge in [-0.05, 0) is 44.5 Å². The maximum absolute atomic E-state index is 13.1. The Kier molecular flexibility index (Phi) is 4.25. The van der Waals surface area contributed by atoms with Crippen molar-refractivity contribution < 1.29 is 12.8 Å². The molecule has 1 aliphatic heterocycles. The van der Waals surface area contributed by atoms with Gasteiger partial charge in [0.1, 0.15) is 5.82 Å². The number of nitrogens with zero attached hydrogens (tertiary/aromatic N) is 2. The fourth-order valence-electron chi connectivity index (χ4n) is 2.97. The van der Waals surface area contributed by atoms with Gasteiger partial charge in [0.25, 0.3) is 0 Å². The first kappa shape index (κ1) is 16.1. The van der Waals surface area contributed by atoms with Crippen molar-refractivity contribution in [1.82, 2.24) is 15.1 Å². The van der Waals surface area contributed by atoms with Gasteiger partial charge in [-0.25, -0.2) is 17.5 Å². The Morgan fingerprint density at radius 1 is 1.30 bits per heavy atom. The molecule has 2 heterocycles. The molecule has 0 saturated carbocycles. The van der Waals surface area contributed by atoms with E-state index in [0.717, 1.165) is 22.6 Å². The van der Waals surface area contributed by atoms with E-state index in [-0.39, 0.29) is 23.4 Å². The number of hydrogen-bond acceptors (Lipinski definition) is 4. The van der Waals surface area contributed by atoms with Gasteiger partial charge in [0.2, 0.25) is 0 Å². The molecule has 1 N–H and O–H groups in total. The van der Waals surface area contributed by atoms with Crippen LogP contribution in [0.1, 0.15) is 23.4 Å². The van der Waals surface area contributed by atoms with Gasteiger partial charge in [0.15, 0.2) is 9.84 Å². The molecule has 1 saturated heterocycles. The standard InChI is InChI=1S/C16H20FN3O2S/c1-11-16(9-18-14-7-8-23(21,22)10-14)12(2)20(19-11)15-5-3-13(17)4-6-15/h3-6,14,18H,7-10H2,1-2H3. The second-order valence-corrected chi connectivity index (χ2v) is 8.25. The van der Waals surface area contributed by atoms with Gasteiger partial charge in [-0.15, -0.1) is 0 Å². The maximum Gasteiger partial charge on any atom is 0.151 e. The Hall–Kier alpha value is -1.73. The van der Waals surface area contributed by atoms with Crippen LogP contribution in [0.15, 0.2) is 24.3 Å². The number of aromatic nitrogens is 2. The highest BCUT2D eigenvalue weighted by atomic mass is 32.2. The summed E-state index contributed by atoms with van der Waals surface area (Å²) in [5.74, 6) is 0.189. The smallest absolute Gasteiger partial charge is 0.151 e. The monoisotopic (exact) mass is 337 g/mol. The molecule has 0 bridgehead atoms. The molecule has 5 nitrogen and oxygen atoms in total. The molecular formula is C16H20FN3O2S. The number of hydrogen-bond donors (Lipinski definition) is 1. The van der Waals surface area contributed by atoms with E-state index < -0.39 is 9.84 Å². The SMILES string of the molecule is Cc1nn(-c2ccc(F)cc2)c(C)c1CNC1CCS(=O)(=O)C1. The fraction of sp³-hybridized carbons (Fsp3) is 0.438. The first-order valence-corrected chi connectivity index (χ1v) is 9.43. The summed E-state index contributed by atoms with van der Waals surface area (Å²) in [7, 11) is -2.88. The van der Waals surface area contributed by atoms with E-state index in [2.05, 4.69) is 10.4 Å². The van der Waals surface area contributed by atoms with Crippen LogP contribution in [0.3, 0.4) is 0 Å². The van der Waals surface area contributed by atoms with Gasteiger partial charge in [-0.1, -0.05) is 0 Å². The summed E-state index contributed by atoms with van der Waals surface area (Å²) in [4.78, 5) is 0. The van der Waals surface area contributed by atoms with Crippen molar-refractivity contribution in [2.75, 3.05) is 11.5 Å². The van der Waals surface area contributed by atoms with Crippen LogP contribution in [0.25, 0.3) is 5.69 Å². The molecular weight excluding hydrogens is 317 g/mol. The molecule has 2 aromatic rings. The van der Waals surface area contributed by atoms with Crippen molar-refractivity contribution in [3.8, 4) is 5.69 Å². The first-order valence-electron chi connectivity index (χ1n) is 7.60. The van der Waals surface area contributed by atoms with Gasteiger partial charge in [0, 0.05) is 23.8 Å². The second-order valence-electron chi connectivity index (χ2n) is 6.02. The second kappa shape index (κ2) is 6.05. The summed E-state index contributed by atoms with van der Waals surface area (Å²) in [5.41, 5.74) is 3.72. The van der Waals surface area contributed by atoms with E-state index >= 15 is 0 Å². The highest BCUT2D eigenvalue weighted by molar-refractivity contribution is 7.91. The van der Waals surface area contributed by atoms with Crippen molar-refractivity contribution in [3.05, 3.63) is 47.0 Å². The summed E-state index contributed by atoms with van der Waals surface area (Å²) in [6, 6.07) is 6.21. The van der Waals surface area contributed by atoms with Crippen LogP contribution in [0.2, 0.25) is 0 Å². The van der Waals surface area contributed by atoms with Crippen LogP contribution < -0.4 is 5.32 Å². The van der Waals surface area contributed by atoms with E-state index in [1.165, 1.54) is 12.1 Å². The molecule has 23 heavy (non-hydrogen) atoms. The van der Waals surface area contributed by atoms with Crippen LogP contribution in [0.5, 0.6) is 0 Å². The minimum Gasteiger partial charge on any atom is -0.309 e. The molecule has 3 rings (SSSR count). The van der Waals surface area contributed by atoms with E-state index in [4.69, 9.17) is 0 Å². The minimum atomic E-state index is -2.88. The zero-order valence-electron chi connectivity index (χ0n) is 13.2. The lowest BCUT2D eigenvalue weighted by molar-refractivity contribution is 0.552. The van der Waals surface area contributed by atoms with Crippen molar-refractivity contribution in [1.29, 1.82) is 0 Å². The van der Waals surface area contributed by atoms with Crippen LogP contribution in [0.4, 0.5) is 4.39 Å². The molecule has 1 atom stereocenters. The Morgan fingerprint density at radius 2 is 2.00 bits per heavy atom. The maximum atomic E-state index is 13.1. The van der Waals surface area contributed by atoms with Crippen molar-refractivity contribution in [3.63, 3.8) is 0 Å². The molecule has 0 radical (unpaired) electrons. The molecule has 1 aromatic carbocycles. The normalized spacial score (nSPS) is 20.0. The third-order valence-corrected chi connectivity index (χ3v) is 6.08. The highest BCUT2D eigenvalue weighted by Gasteiger charge is 2.27. The van der Waals surface area contributed by atoms with Gasteiger partial charge in [-0.2, -0.15) is 5.10 Å². The molecule has 1 unspecified atom stereocenters. The molecule has 1 aliphatic rings. The zero-order valence-corrected chi connectivity index (χ0v) is 14.0. The topological polar surface area (TPSA) is 64.0 Å². The van der Waals surface area contributed by atoms with Crippen LogP contribution in [0, 0.1) is 19.7 Å². The molecule has 0 spiro atoms. The largest absolute Gasteiger partial charge is 0.309 e. The molecule has 1 fully saturated rings. The molecule has 124 valence electrons. The van der Waals surface area contributed by atoms with Crippen LogP contribution in [-0.4, -0.2) is 35.7 Å². The number of rotatable bonds is 4. The average molecular weight is 337 g/mol. The lowest BCUT2D eigenvalue weighted by atomic mass is 10.1. The summed E-state index contributed by atoms with van der Waals surface area (Å²) in [5, 5.41) is 7.84. The number of benzene rings is 1. The molecule has 0 aliphatic carbocycles. The van der Waals surface area contributed by atoms with Crippen LogP contribution in [-0.2, 0) is 16.4 Å². The van der Waals surface area contributed by atoms with E-state index in [1.807, 2.05) is 13.8 Å². The van der Waals surface area contributed by atoms with Crippen LogP contribution >= 0.6 is 0 Å². The lowest BCUT2D eigenvalue weighted by Gasteiger charge is -2.11. The predicted molar refractivity (Wildman–Crippen MR) is 86.9 cm³/mol. The number of halogens is 1. The third kappa shape index (κ3) is 3.45. The van der Waals surface area contributed by atoms with Crippen molar-refractivity contribution in [2.24, 2.45) is 0 Å². The number of aryl methyl sites for hydroxylation is 1. The Labute approximate surface area is 135 Å². The average Bonchev–Trinajstić information content (AvgIpc) is 2.98. The van der Waals surface area contributed by atoms with Crippen molar-refractivity contribution in [2.45, 2.75) is 32.9 Å². The summed E-state index contributed by atoms with van der Waals surface area (Å²) in [6.07, 6.45) is 0.659. The van der Waals surface area contributed by atoms with Gasteiger partial charge < -0.3 is 5.32 Å². The third-order valence-electron chi connectivity index (χ3n) is 4.31. The van der Waals surface area contributed by atoms with Gasteiger partial charge in [0.05, 0.1) is 22.9 Å². The number of sulfone groups is 1. The summed E-state index contributed by atoms with van der Waals surface area (Å²) >= 11 is 0. The van der Waals surface area contributed by atoms with E-state index in [1.54, 1.807) is 16.8 Å². The first-order chi connectivity index (χ1) is 10.9. The zero-order chi connectivity index (χ0) is 16.6. The minimum absolute atomic E-state index is 0.00738. The van der Waals surface area contributed by atoms with Crippen molar-refractivity contribution >= 4 is 9.84 Å². The summed E-state index contributed by atoms with van der Waals surface area (Å²) in [6.45, 7) is 4.47.